The van der Waals surface area contributed by atoms with Gasteiger partial charge < -0.3 is 20.1 Å². The van der Waals surface area contributed by atoms with Gasteiger partial charge in [0, 0.05) is 5.56 Å². The molecule has 0 spiro atoms. The number of nitrogens with zero attached hydrogens (tertiary/aromatic N) is 1. The average Bonchev–Trinajstić information content (AvgIpc) is 2.80. The molecule has 0 aliphatic rings. The Labute approximate surface area is 180 Å². The molecule has 3 aromatic rings. The molecule has 0 heterocycles. The molecular formula is C24H22N2O5. The highest BCUT2D eigenvalue weighted by atomic mass is 16.6. The molecule has 7 heteroatoms. The van der Waals surface area contributed by atoms with Gasteiger partial charge in [-0.15, -0.1) is 0 Å². The number of aryl methyl sites for hydroxylation is 1. The number of benzene rings is 3. The lowest BCUT2D eigenvalue weighted by Gasteiger charge is -2.12. The number of ketones is 1. The number of hydrogen-bond acceptors (Lipinski definition) is 7. The number of hydrazone groups is 1. The van der Waals surface area contributed by atoms with Gasteiger partial charge in [-0.25, -0.2) is 4.79 Å². The van der Waals surface area contributed by atoms with Crippen LogP contribution in [0.5, 0.6) is 17.2 Å². The Kier molecular flexibility index (Phi) is 7.01. The standard InChI is InChI=1S/C24H22N2O5/c1-16-8-6-7-11-20(16)30-15-19(27)23(26-25)18-12-13-21(22(14-18)29-2)31-24(28)17-9-4-3-5-10-17/h3-14H,15,25H2,1-2H3/b26-23+. The lowest BCUT2D eigenvalue weighted by atomic mass is 10.1. The summed E-state index contributed by atoms with van der Waals surface area (Å²) in [5.74, 6) is 5.62. The van der Waals surface area contributed by atoms with Gasteiger partial charge in [0.1, 0.15) is 11.5 Å². The largest absolute Gasteiger partial charge is 0.493 e. The molecule has 0 aliphatic carbocycles. The van der Waals surface area contributed by atoms with E-state index < -0.39 is 11.8 Å². The highest BCUT2D eigenvalue weighted by Crippen LogP contribution is 2.29. The number of nitrogens with two attached hydrogens (primary N) is 1. The van der Waals surface area contributed by atoms with Crippen LogP contribution >= 0.6 is 0 Å². The van der Waals surface area contributed by atoms with E-state index in [2.05, 4.69) is 5.10 Å². The number of ether oxygens (including phenoxy) is 3. The number of para-hydroxylation sites is 1. The maximum Gasteiger partial charge on any atom is 0.343 e. The highest BCUT2D eigenvalue weighted by molar-refractivity contribution is 6.46. The Hall–Kier alpha value is -4.13. The zero-order valence-corrected chi connectivity index (χ0v) is 17.2. The summed E-state index contributed by atoms with van der Waals surface area (Å²) in [7, 11) is 1.43. The fourth-order valence-corrected chi connectivity index (χ4v) is 2.87. The van der Waals surface area contributed by atoms with E-state index in [1.807, 2.05) is 25.1 Å². The Morgan fingerprint density at radius 3 is 2.26 bits per heavy atom. The molecule has 0 saturated carbocycles. The van der Waals surface area contributed by atoms with Crippen LogP contribution in [0, 0.1) is 6.92 Å². The van der Waals surface area contributed by atoms with Gasteiger partial charge in [0.25, 0.3) is 0 Å². The van der Waals surface area contributed by atoms with Crippen molar-refractivity contribution in [3.8, 4) is 17.2 Å². The van der Waals surface area contributed by atoms with Crippen molar-refractivity contribution in [2.45, 2.75) is 6.92 Å². The summed E-state index contributed by atoms with van der Waals surface area (Å²) < 4.78 is 16.4. The molecule has 0 bridgehead atoms. The first-order valence-corrected chi connectivity index (χ1v) is 9.48. The minimum absolute atomic E-state index is 0.0211. The quantitative estimate of drug-likeness (QED) is 0.197. The first kappa shape index (κ1) is 21.6. The van der Waals surface area contributed by atoms with Crippen molar-refractivity contribution < 1.29 is 23.8 Å². The normalized spacial score (nSPS) is 11.0. The molecule has 0 fully saturated rings. The predicted molar refractivity (Wildman–Crippen MR) is 117 cm³/mol. The minimum atomic E-state index is -0.526. The van der Waals surface area contributed by atoms with Crippen LogP contribution in [0.15, 0.2) is 77.9 Å². The second-order valence-electron chi connectivity index (χ2n) is 6.58. The van der Waals surface area contributed by atoms with E-state index in [9.17, 15) is 9.59 Å². The summed E-state index contributed by atoms with van der Waals surface area (Å²) in [5, 5.41) is 3.63. The SMILES string of the molecule is COc1cc(/C(=N\N)C(=O)COc2ccccc2C)ccc1OC(=O)c1ccccc1. The Morgan fingerprint density at radius 2 is 1.58 bits per heavy atom. The number of carbonyl (C=O) groups is 2. The summed E-state index contributed by atoms with van der Waals surface area (Å²) in [5.41, 5.74) is 1.75. The Balaban J connectivity index is 1.75. The summed E-state index contributed by atoms with van der Waals surface area (Å²) in [6.45, 7) is 1.66. The van der Waals surface area contributed by atoms with Gasteiger partial charge in [-0.05, 0) is 48.9 Å². The van der Waals surface area contributed by atoms with E-state index in [1.165, 1.54) is 19.2 Å². The van der Waals surface area contributed by atoms with Gasteiger partial charge >= 0.3 is 5.97 Å². The third-order valence-corrected chi connectivity index (χ3v) is 4.49. The third kappa shape index (κ3) is 5.27. The van der Waals surface area contributed by atoms with E-state index in [4.69, 9.17) is 20.1 Å². The lowest BCUT2D eigenvalue weighted by molar-refractivity contribution is -0.114. The second kappa shape index (κ2) is 10.1. The zero-order chi connectivity index (χ0) is 22.2. The molecule has 0 aromatic heterocycles. The molecule has 0 unspecified atom stereocenters. The summed E-state index contributed by atoms with van der Waals surface area (Å²) in [4.78, 5) is 25.0. The zero-order valence-electron chi connectivity index (χ0n) is 17.2. The predicted octanol–water partition coefficient (Wildman–Crippen LogP) is 3.53. The van der Waals surface area contributed by atoms with E-state index in [0.29, 0.717) is 16.9 Å². The van der Waals surface area contributed by atoms with Crippen LogP contribution in [0.3, 0.4) is 0 Å². The molecule has 158 valence electrons. The van der Waals surface area contributed by atoms with Gasteiger partial charge in [0.15, 0.2) is 18.1 Å². The topological polar surface area (TPSA) is 100 Å². The van der Waals surface area contributed by atoms with Crippen molar-refractivity contribution in [2.75, 3.05) is 13.7 Å². The second-order valence-corrected chi connectivity index (χ2v) is 6.58. The summed E-state index contributed by atoms with van der Waals surface area (Å²) in [6.07, 6.45) is 0. The fourth-order valence-electron chi connectivity index (χ4n) is 2.87. The number of esters is 1. The third-order valence-electron chi connectivity index (χ3n) is 4.49. The molecule has 3 aromatic carbocycles. The van der Waals surface area contributed by atoms with Crippen LogP contribution in [0.25, 0.3) is 0 Å². The van der Waals surface area contributed by atoms with Gasteiger partial charge in [0.2, 0.25) is 5.78 Å². The van der Waals surface area contributed by atoms with Crippen molar-refractivity contribution in [1.82, 2.24) is 0 Å². The molecule has 31 heavy (non-hydrogen) atoms. The maximum atomic E-state index is 12.6. The monoisotopic (exact) mass is 418 g/mol. The first-order chi connectivity index (χ1) is 15.0. The minimum Gasteiger partial charge on any atom is -0.493 e. The van der Waals surface area contributed by atoms with E-state index in [-0.39, 0.29) is 23.8 Å². The van der Waals surface area contributed by atoms with Crippen LogP contribution in [-0.2, 0) is 4.79 Å². The highest BCUT2D eigenvalue weighted by Gasteiger charge is 2.19. The number of hydrogen-bond donors (Lipinski definition) is 1. The van der Waals surface area contributed by atoms with Crippen molar-refractivity contribution in [3.05, 3.63) is 89.5 Å². The van der Waals surface area contributed by atoms with Crippen LogP contribution in [0.1, 0.15) is 21.5 Å². The maximum absolute atomic E-state index is 12.6. The van der Waals surface area contributed by atoms with Crippen LogP contribution < -0.4 is 20.1 Å². The van der Waals surface area contributed by atoms with Crippen molar-refractivity contribution in [2.24, 2.45) is 10.9 Å². The summed E-state index contributed by atoms with van der Waals surface area (Å²) in [6, 6.07) is 20.6. The molecule has 0 atom stereocenters. The van der Waals surface area contributed by atoms with Gasteiger partial charge in [-0.3, -0.25) is 4.79 Å². The molecule has 0 saturated heterocycles. The smallest absolute Gasteiger partial charge is 0.343 e. The number of rotatable bonds is 8. The summed E-state index contributed by atoms with van der Waals surface area (Å²) >= 11 is 0. The van der Waals surface area contributed by atoms with Gasteiger partial charge in [-0.1, -0.05) is 36.4 Å². The molecule has 3 rings (SSSR count). The van der Waals surface area contributed by atoms with Crippen LogP contribution in [0.2, 0.25) is 0 Å². The van der Waals surface area contributed by atoms with Crippen LogP contribution in [0.4, 0.5) is 0 Å². The average molecular weight is 418 g/mol. The van der Waals surface area contributed by atoms with Crippen LogP contribution in [-0.4, -0.2) is 31.2 Å². The number of Topliss-reactive ketones (excluding diaryl/α,β-unsaturated/α-hetero) is 1. The van der Waals surface area contributed by atoms with Gasteiger partial charge in [0.05, 0.1) is 12.7 Å². The molecule has 0 aliphatic heterocycles. The molecule has 7 nitrogen and oxygen atoms in total. The van der Waals surface area contributed by atoms with Crippen molar-refractivity contribution >= 4 is 17.5 Å². The van der Waals surface area contributed by atoms with Crippen molar-refractivity contribution in [3.63, 3.8) is 0 Å². The van der Waals surface area contributed by atoms with Crippen molar-refractivity contribution in [1.29, 1.82) is 0 Å². The molecule has 2 N–H and O–H groups in total. The molecular weight excluding hydrogens is 396 g/mol. The molecule has 0 radical (unpaired) electrons. The Morgan fingerprint density at radius 1 is 0.871 bits per heavy atom. The van der Waals surface area contributed by atoms with E-state index in [0.717, 1.165) is 5.56 Å². The fraction of sp³-hybridized carbons (Fsp3) is 0.125. The lowest BCUT2D eigenvalue weighted by Crippen LogP contribution is -2.24. The van der Waals surface area contributed by atoms with E-state index >= 15 is 0 Å². The number of carbonyl (C=O) groups excluding carboxylic acids is 2. The molecule has 0 amide bonds. The van der Waals surface area contributed by atoms with E-state index in [1.54, 1.807) is 42.5 Å². The first-order valence-electron chi connectivity index (χ1n) is 9.48. The Bertz CT molecular complexity index is 1110. The number of methoxy groups -OCH3 is 1. The van der Waals surface area contributed by atoms with Gasteiger partial charge in [-0.2, -0.15) is 5.10 Å².